The smallest absolute Gasteiger partial charge is 0.0415 e. The number of hydrogen-bond acceptors (Lipinski definition) is 2. The van der Waals surface area contributed by atoms with Gasteiger partial charge in [-0.2, -0.15) is 0 Å². The number of aromatic nitrogens is 1. The van der Waals surface area contributed by atoms with Gasteiger partial charge >= 0.3 is 0 Å². The highest BCUT2D eigenvalue weighted by molar-refractivity contribution is 7.99. The minimum atomic E-state index is 1.04. The molecule has 14 heavy (non-hydrogen) atoms. The van der Waals surface area contributed by atoms with Gasteiger partial charge in [-0.25, -0.2) is 0 Å². The van der Waals surface area contributed by atoms with Crippen molar-refractivity contribution >= 4 is 11.8 Å². The summed E-state index contributed by atoms with van der Waals surface area (Å²) in [6, 6.07) is 4.44. The Morgan fingerprint density at radius 2 is 1.64 bits per heavy atom. The van der Waals surface area contributed by atoms with E-state index in [1.165, 1.54) is 28.5 Å². The van der Waals surface area contributed by atoms with Gasteiger partial charge in [-0.05, 0) is 37.1 Å². The van der Waals surface area contributed by atoms with E-state index >= 15 is 0 Å². The maximum Gasteiger partial charge on any atom is 0.0415 e. The molecule has 1 rings (SSSR count). The van der Waals surface area contributed by atoms with Crippen molar-refractivity contribution in [3.63, 3.8) is 0 Å². The first-order valence-corrected chi connectivity index (χ1v) is 6.41. The van der Waals surface area contributed by atoms with Crippen LogP contribution in [0, 0.1) is 0 Å². The Morgan fingerprint density at radius 3 is 2.07 bits per heavy atom. The van der Waals surface area contributed by atoms with E-state index in [0.29, 0.717) is 0 Å². The fourth-order valence-corrected chi connectivity index (χ4v) is 2.16. The van der Waals surface area contributed by atoms with E-state index in [1.54, 1.807) is 0 Å². The van der Waals surface area contributed by atoms with Crippen LogP contribution in [0.2, 0.25) is 0 Å². The zero-order valence-electron chi connectivity index (χ0n) is 9.34. The molecule has 2 heteroatoms. The zero-order chi connectivity index (χ0) is 10.4. The second kappa shape index (κ2) is 6.07. The maximum absolute atomic E-state index is 4.57. The lowest BCUT2D eigenvalue weighted by Gasteiger charge is -2.05. The molecule has 0 aliphatic heterocycles. The normalized spacial score (nSPS) is 10.5. The van der Waals surface area contributed by atoms with E-state index in [-0.39, 0.29) is 0 Å². The molecule has 0 saturated heterocycles. The molecule has 0 bridgehead atoms. The number of nitrogens with zero attached hydrogens (tertiary/aromatic N) is 1. The van der Waals surface area contributed by atoms with Crippen LogP contribution in [-0.4, -0.2) is 10.7 Å². The van der Waals surface area contributed by atoms with Crippen molar-refractivity contribution in [1.82, 2.24) is 4.98 Å². The Balaban J connectivity index is 2.81. The van der Waals surface area contributed by atoms with Crippen LogP contribution in [-0.2, 0) is 12.8 Å². The Hall–Kier alpha value is -0.500. The molecule has 0 saturated carbocycles. The standard InChI is InChI=1S/C12H19NS/c1-4-7-14-12-8-10(5-2)13-11(6-3)9-12/h8-9H,4-7H2,1-3H3. The van der Waals surface area contributed by atoms with Gasteiger partial charge in [-0.3, -0.25) is 4.98 Å². The second-order valence-corrected chi connectivity index (χ2v) is 4.51. The molecule has 0 fully saturated rings. The summed E-state index contributed by atoms with van der Waals surface area (Å²) < 4.78 is 0. The Kier molecular flexibility index (Phi) is 5.02. The number of rotatable bonds is 5. The molecule has 0 radical (unpaired) electrons. The van der Waals surface area contributed by atoms with E-state index in [1.807, 2.05) is 11.8 Å². The van der Waals surface area contributed by atoms with Crippen LogP contribution < -0.4 is 0 Å². The quantitative estimate of drug-likeness (QED) is 0.686. The molecule has 0 atom stereocenters. The molecule has 0 amide bonds. The predicted molar refractivity (Wildman–Crippen MR) is 64.0 cm³/mol. The Labute approximate surface area is 91.3 Å². The van der Waals surface area contributed by atoms with E-state index in [0.717, 1.165) is 12.8 Å². The molecule has 1 aromatic rings. The third-order valence-corrected chi connectivity index (χ3v) is 3.28. The summed E-state index contributed by atoms with van der Waals surface area (Å²) in [5, 5.41) is 0. The third kappa shape index (κ3) is 3.33. The topological polar surface area (TPSA) is 12.9 Å². The number of pyridine rings is 1. The van der Waals surface area contributed by atoms with Gasteiger partial charge < -0.3 is 0 Å². The summed E-state index contributed by atoms with van der Waals surface area (Å²) in [5.74, 6) is 1.20. The van der Waals surface area contributed by atoms with E-state index in [2.05, 4.69) is 37.9 Å². The molecule has 78 valence electrons. The fraction of sp³-hybridized carbons (Fsp3) is 0.583. The van der Waals surface area contributed by atoms with Gasteiger partial charge in [-0.1, -0.05) is 20.8 Å². The first-order valence-electron chi connectivity index (χ1n) is 5.42. The summed E-state index contributed by atoms with van der Waals surface area (Å²) >= 11 is 1.94. The molecule has 0 N–H and O–H groups in total. The Morgan fingerprint density at radius 1 is 1.07 bits per heavy atom. The van der Waals surface area contributed by atoms with Crippen molar-refractivity contribution in [1.29, 1.82) is 0 Å². The van der Waals surface area contributed by atoms with Crippen LogP contribution in [0.3, 0.4) is 0 Å². The largest absolute Gasteiger partial charge is 0.258 e. The van der Waals surface area contributed by atoms with Crippen LogP contribution in [0.4, 0.5) is 0 Å². The lowest BCUT2D eigenvalue weighted by molar-refractivity contribution is 0.936. The highest BCUT2D eigenvalue weighted by atomic mass is 32.2. The summed E-state index contributed by atoms with van der Waals surface area (Å²) in [7, 11) is 0. The summed E-state index contributed by atoms with van der Waals surface area (Å²) in [4.78, 5) is 5.95. The van der Waals surface area contributed by atoms with Crippen LogP contribution in [0.1, 0.15) is 38.6 Å². The van der Waals surface area contributed by atoms with Gasteiger partial charge in [0, 0.05) is 16.3 Å². The lowest BCUT2D eigenvalue weighted by atomic mass is 10.2. The summed E-state index contributed by atoms with van der Waals surface area (Å²) in [6.07, 6.45) is 3.30. The van der Waals surface area contributed by atoms with Crippen LogP contribution >= 0.6 is 11.8 Å². The molecule has 1 aromatic heterocycles. The average Bonchev–Trinajstić information content (AvgIpc) is 2.25. The van der Waals surface area contributed by atoms with Gasteiger partial charge in [0.1, 0.15) is 0 Å². The molecule has 0 aromatic carbocycles. The van der Waals surface area contributed by atoms with E-state index in [9.17, 15) is 0 Å². The highest BCUT2D eigenvalue weighted by Crippen LogP contribution is 2.20. The predicted octanol–water partition coefficient (Wildman–Crippen LogP) is 3.71. The van der Waals surface area contributed by atoms with Gasteiger partial charge in [0.15, 0.2) is 0 Å². The van der Waals surface area contributed by atoms with Gasteiger partial charge in [-0.15, -0.1) is 11.8 Å². The minimum absolute atomic E-state index is 1.04. The Bertz CT molecular complexity index is 261. The molecular weight excluding hydrogens is 190 g/mol. The van der Waals surface area contributed by atoms with Crippen molar-refractivity contribution in [2.24, 2.45) is 0 Å². The number of hydrogen-bond donors (Lipinski definition) is 0. The van der Waals surface area contributed by atoms with Crippen molar-refractivity contribution in [2.75, 3.05) is 5.75 Å². The molecule has 1 nitrogen and oxygen atoms in total. The second-order valence-electron chi connectivity index (χ2n) is 3.34. The third-order valence-electron chi connectivity index (χ3n) is 2.10. The maximum atomic E-state index is 4.57. The fourth-order valence-electron chi connectivity index (χ4n) is 1.28. The highest BCUT2D eigenvalue weighted by Gasteiger charge is 2.00. The average molecular weight is 209 g/mol. The lowest BCUT2D eigenvalue weighted by Crippen LogP contribution is -1.94. The van der Waals surface area contributed by atoms with Crippen molar-refractivity contribution in [2.45, 2.75) is 44.9 Å². The molecule has 0 aliphatic rings. The van der Waals surface area contributed by atoms with Crippen LogP contribution in [0.15, 0.2) is 17.0 Å². The molecule has 0 aliphatic carbocycles. The van der Waals surface area contributed by atoms with E-state index < -0.39 is 0 Å². The molecular formula is C12H19NS. The molecule has 1 heterocycles. The monoisotopic (exact) mass is 209 g/mol. The number of aryl methyl sites for hydroxylation is 2. The summed E-state index contributed by atoms with van der Waals surface area (Å²) in [5.41, 5.74) is 2.45. The first-order chi connectivity index (χ1) is 6.80. The van der Waals surface area contributed by atoms with Gasteiger partial charge in [0.05, 0.1) is 0 Å². The van der Waals surface area contributed by atoms with Crippen molar-refractivity contribution in [3.8, 4) is 0 Å². The minimum Gasteiger partial charge on any atom is -0.258 e. The van der Waals surface area contributed by atoms with Gasteiger partial charge in [0.2, 0.25) is 0 Å². The SMILES string of the molecule is CCCSc1cc(CC)nc(CC)c1. The van der Waals surface area contributed by atoms with Crippen LogP contribution in [0.5, 0.6) is 0 Å². The van der Waals surface area contributed by atoms with Gasteiger partial charge in [0.25, 0.3) is 0 Å². The van der Waals surface area contributed by atoms with Crippen LogP contribution in [0.25, 0.3) is 0 Å². The molecule has 0 unspecified atom stereocenters. The number of thioether (sulfide) groups is 1. The van der Waals surface area contributed by atoms with E-state index in [4.69, 9.17) is 0 Å². The van der Waals surface area contributed by atoms with Crippen molar-refractivity contribution in [3.05, 3.63) is 23.5 Å². The summed E-state index contributed by atoms with van der Waals surface area (Å²) in [6.45, 7) is 6.54. The zero-order valence-corrected chi connectivity index (χ0v) is 10.2. The first kappa shape index (κ1) is 11.6. The molecule has 0 spiro atoms. The van der Waals surface area contributed by atoms with Crippen molar-refractivity contribution < 1.29 is 0 Å².